The van der Waals surface area contributed by atoms with Gasteiger partial charge in [0.15, 0.2) is 18.1 Å². The van der Waals surface area contributed by atoms with Crippen molar-refractivity contribution < 1.29 is 37.0 Å². The van der Waals surface area contributed by atoms with Crippen LogP contribution in [0.2, 0.25) is 0 Å². The molecule has 0 aliphatic carbocycles. The van der Waals surface area contributed by atoms with Gasteiger partial charge in [-0.1, -0.05) is 53.4 Å². The minimum atomic E-state index is -4.67. The molecule has 4 aromatic rings. The van der Waals surface area contributed by atoms with Gasteiger partial charge in [-0.2, -0.15) is 13.2 Å². The Balaban J connectivity index is 1.33. The molecule has 9 nitrogen and oxygen atoms in total. The number of aromatic amines is 1. The van der Waals surface area contributed by atoms with Crippen molar-refractivity contribution in [1.82, 2.24) is 4.98 Å². The fraction of sp³-hybridized carbons (Fsp3) is 0.250. The lowest BCUT2D eigenvalue weighted by Crippen LogP contribution is -2.32. The molecule has 46 heavy (non-hydrogen) atoms. The van der Waals surface area contributed by atoms with E-state index in [1.54, 1.807) is 37.3 Å². The Morgan fingerprint density at radius 2 is 1.76 bits per heavy atom. The second-order valence-corrected chi connectivity index (χ2v) is 12.8. The number of benzene rings is 3. The van der Waals surface area contributed by atoms with Crippen LogP contribution in [0.3, 0.4) is 0 Å². The highest BCUT2D eigenvalue weighted by molar-refractivity contribution is 8.00. The molecule has 0 saturated carbocycles. The zero-order valence-electron chi connectivity index (χ0n) is 24.3. The van der Waals surface area contributed by atoms with Crippen LogP contribution in [-0.4, -0.2) is 41.2 Å². The van der Waals surface area contributed by atoms with Gasteiger partial charge in [-0.25, -0.2) is 4.90 Å². The van der Waals surface area contributed by atoms with Crippen LogP contribution in [0.5, 0.6) is 11.5 Å². The topological polar surface area (TPSA) is 118 Å². The molecule has 0 bridgehead atoms. The molecule has 2 aliphatic rings. The van der Waals surface area contributed by atoms with Crippen molar-refractivity contribution in [2.45, 2.75) is 36.2 Å². The number of aromatic nitrogens is 1. The second kappa shape index (κ2) is 12.3. The van der Waals surface area contributed by atoms with E-state index in [0.29, 0.717) is 21.2 Å². The lowest BCUT2D eigenvalue weighted by molar-refractivity contribution is -0.137. The molecular weight excluding hydrogens is 643 g/mol. The largest absolute Gasteiger partial charge is 0.490 e. The molecule has 238 valence electrons. The van der Waals surface area contributed by atoms with E-state index >= 15 is 0 Å². The monoisotopic (exact) mass is 669 g/mol. The summed E-state index contributed by atoms with van der Waals surface area (Å²) >= 11 is 1.92. The number of rotatable bonds is 8. The molecule has 1 saturated heterocycles. The molecule has 2 N–H and O–H groups in total. The van der Waals surface area contributed by atoms with Gasteiger partial charge in [-0.3, -0.25) is 19.2 Å². The Bertz CT molecular complexity index is 1910. The molecule has 2 aliphatic heterocycles. The Morgan fingerprint density at radius 1 is 0.978 bits per heavy atom. The highest BCUT2D eigenvalue weighted by Gasteiger charge is 2.56. The summed E-state index contributed by atoms with van der Waals surface area (Å²) in [6.07, 6.45) is -4.67. The van der Waals surface area contributed by atoms with Gasteiger partial charge in [0.05, 0.1) is 28.8 Å². The van der Waals surface area contributed by atoms with Crippen LogP contribution in [-0.2, 0) is 20.6 Å². The fourth-order valence-corrected chi connectivity index (χ4v) is 8.12. The van der Waals surface area contributed by atoms with Crippen molar-refractivity contribution >= 4 is 52.2 Å². The summed E-state index contributed by atoms with van der Waals surface area (Å²) < 4.78 is 52.1. The van der Waals surface area contributed by atoms with Crippen molar-refractivity contribution in [1.29, 1.82) is 0 Å². The number of carbonyl (C=O) groups excluding carboxylic acids is 3. The number of aryl methyl sites for hydroxylation is 1. The summed E-state index contributed by atoms with van der Waals surface area (Å²) in [4.78, 5) is 56.4. The summed E-state index contributed by atoms with van der Waals surface area (Å²) in [5.74, 6) is -3.03. The second-order valence-electron chi connectivity index (χ2n) is 10.6. The number of anilines is 2. The van der Waals surface area contributed by atoms with Crippen molar-refractivity contribution in [3.05, 3.63) is 98.0 Å². The van der Waals surface area contributed by atoms with Crippen molar-refractivity contribution in [3.8, 4) is 11.5 Å². The SMILES string of the molecule is CCOc1cc([C@H]2c3sc(=O)[nH]c3SC3C(=O)N(c4cccc(C(F)(F)F)c4)C(=O)C32)ccc1OCC(=O)Nc1ccccc1C. The number of thiazole rings is 1. The lowest BCUT2D eigenvalue weighted by atomic mass is 9.83. The normalized spacial score (nSPS) is 19.1. The highest BCUT2D eigenvalue weighted by atomic mass is 32.2. The molecule has 3 aromatic carbocycles. The Morgan fingerprint density at radius 3 is 2.50 bits per heavy atom. The molecule has 3 heterocycles. The zero-order valence-corrected chi connectivity index (χ0v) is 26.0. The van der Waals surface area contributed by atoms with Crippen molar-refractivity contribution in [2.24, 2.45) is 5.92 Å². The molecule has 1 fully saturated rings. The van der Waals surface area contributed by atoms with Crippen LogP contribution in [0, 0.1) is 12.8 Å². The van der Waals surface area contributed by atoms with Crippen LogP contribution in [0.1, 0.15) is 34.4 Å². The molecule has 1 aromatic heterocycles. The summed E-state index contributed by atoms with van der Waals surface area (Å²) in [6.45, 7) is 3.55. The number of thioether (sulfide) groups is 1. The minimum Gasteiger partial charge on any atom is -0.490 e. The number of fused-ring (bicyclic) bond motifs is 2. The predicted octanol–water partition coefficient (Wildman–Crippen LogP) is 5.98. The van der Waals surface area contributed by atoms with Gasteiger partial charge in [0, 0.05) is 16.5 Å². The van der Waals surface area contributed by atoms with Crippen LogP contribution >= 0.6 is 23.1 Å². The molecular formula is C32H26F3N3O6S2. The zero-order chi connectivity index (χ0) is 32.7. The number of hydrogen-bond donors (Lipinski definition) is 2. The number of nitrogens with zero attached hydrogens (tertiary/aromatic N) is 1. The van der Waals surface area contributed by atoms with E-state index in [-0.39, 0.29) is 41.2 Å². The smallest absolute Gasteiger partial charge is 0.416 e. The quantitative estimate of drug-likeness (QED) is 0.222. The van der Waals surface area contributed by atoms with E-state index in [1.165, 1.54) is 6.07 Å². The van der Waals surface area contributed by atoms with Crippen molar-refractivity contribution in [3.63, 3.8) is 0 Å². The number of para-hydroxylation sites is 1. The predicted molar refractivity (Wildman–Crippen MR) is 167 cm³/mol. The van der Waals surface area contributed by atoms with E-state index < -0.39 is 40.6 Å². The fourth-order valence-electron chi connectivity index (χ4n) is 5.60. The van der Waals surface area contributed by atoms with E-state index in [2.05, 4.69) is 10.3 Å². The summed E-state index contributed by atoms with van der Waals surface area (Å²) in [6, 6.07) is 16.3. The minimum absolute atomic E-state index is 0.182. The van der Waals surface area contributed by atoms with Crippen LogP contribution in [0.4, 0.5) is 24.5 Å². The number of hydrogen-bond acceptors (Lipinski definition) is 8. The number of imide groups is 1. The van der Waals surface area contributed by atoms with Gasteiger partial charge >= 0.3 is 11.0 Å². The number of H-pyrrole nitrogens is 1. The van der Waals surface area contributed by atoms with Crippen LogP contribution < -0.4 is 24.6 Å². The number of nitrogens with one attached hydrogen (secondary N) is 2. The third-order valence-corrected chi connectivity index (χ3v) is 10.1. The molecule has 14 heteroatoms. The molecule has 0 spiro atoms. The molecule has 3 atom stereocenters. The molecule has 2 unspecified atom stereocenters. The number of amides is 3. The van der Waals surface area contributed by atoms with E-state index in [9.17, 15) is 32.3 Å². The van der Waals surface area contributed by atoms with Gasteiger partial charge < -0.3 is 19.8 Å². The van der Waals surface area contributed by atoms with E-state index in [1.807, 2.05) is 19.1 Å². The first-order valence-electron chi connectivity index (χ1n) is 14.2. The first-order chi connectivity index (χ1) is 22.0. The standard InChI is InChI=1S/C32H26F3N3O6S2/c1-3-43-22-13-17(11-12-21(22)44-15-23(39)36-20-10-5-4-7-16(20)2)24-25-27(45-28-26(24)46-31(42)37-28)30(41)38(29(25)40)19-9-6-8-18(14-19)32(33,34)35/h4-14,24-25,27H,3,15H2,1-2H3,(H,36,39)(H,37,42)/t24-,25?,27?/m1/s1. The number of ether oxygens (including phenoxy) is 2. The first kappa shape index (κ1) is 31.4. The number of carbonyl (C=O) groups is 3. The third-order valence-electron chi connectivity index (χ3n) is 7.66. The summed E-state index contributed by atoms with van der Waals surface area (Å²) in [7, 11) is 0. The van der Waals surface area contributed by atoms with Gasteiger partial charge in [0.25, 0.3) is 5.91 Å². The Hall–Kier alpha value is -4.56. The summed E-state index contributed by atoms with van der Waals surface area (Å²) in [5, 5.41) is 2.21. The first-order valence-corrected chi connectivity index (χ1v) is 15.9. The van der Waals surface area contributed by atoms with Crippen molar-refractivity contribution in [2.75, 3.05) is 23.4 Å². The van der Waals surface area contributed by atoms with E-state index in [0.717, 1.165) is 51.8 Å². The third kappa shape index (κ3) is 5.89. The highest BCUT2D eigenvalue weighted by Crippen LogP contribution is 2.54. The Kier molecular flexibility index (Phi) is 8.42. The van der Waals surface area contributed by atoms with Gasteiger partial charge in [-0.15, -0.1) is 0 Å². The maximum Gasteiger partial charge on any atom is 0.416 e. The maximum atomic E-state index is 14.0. The molecule has 0 radical (unpaired) electrons. The average molecular weight is 670 g/mol. The maximum absolute atomic E-state index is 14.0. The number of halogens is 3. The van der Waals surface area contributed by atoms with Crippen LogP contribution in [0.15, 0.2) is 76.6 Å². The van der Waals surface area contributed by atoms with Crippen LogP contribution in [0.25, 0.3) is 0 Å². The van der Waals surface area contributed by atoms with Gasteiger partial charge in [0.2, 0.25) is 11.8 Å². The number of alkyl halides is 3. The van der Waals surface area contributed by atoms with E-state index in [4.69, 9.17) is 9.47 Å². The lowest BCUT2D eigenvalue weighted by Gasteiger charge is -2.30. The molecule has 6 rings (SSSR count). The van der Waals surface area contributed by atoms with Gasteiger partial charge in [-0.05, 0) is 61.4 Å². The molecule has 3 amide bonds. The van der Waals surface area contributed by atoms with Gasteiger partial charge in [0.1, 0.15) is 5.25 Å². The summed E-state index contributed by atoms with van der Waals surface area (Å²) in [5.41, 5.74) is 0.893. The Labute approximate surface area is 268 Å². The average Bonchev–Trinajstić information content (AvgIpc) is 3.51.